The Bertz CT molecular complexity index is 391. The molecular formula is C13H15FO2. The van der Waals surface area contributed by atoms with Crippen LogP contribution in [0.15, 0.2) is 18.2 Å². The summed E-state index contributed by atoms with van der Waals surface area (Å²) in [5, 5.41) is 8.55. The fraction of sp³-hybridized carbons (Fsp3) is 0.385. The lowest BCUT2D eigenvalue weighted by Crippen LogP contribution is -1.98. The Labute approximate surface area is 95.1 Å². The monoisotopic (exact) mass is 222 g/mol. The summed E-state index contributed by atoms with van der Waals surface area (Å²) in [7, 11) is 0. The third-order valence-electron chi connectivity index (χ3n) is 2.00. The number of benzene rings is 1. The van der Waals surface area contributed by atoms with Crippen molar-refractivity contribution in [1.29, 1.82) is 0 Å². The van der Waals surface area contributed by atoms with Gasteiger partial charge in [-0.25, -0.2) is 4.39 Å². The summed E-state index contributed by atoms with van der Waals surface area (Å²) in [6.07, 6.45) is 1.90. The van der Waals surface area contributed by atoms with E-state index in [0.717, 1.165) is 12.8 Å². The minimum Gasteiger partial charge on any atom is -0.490 e. The zero-order valence-electron chi connectivity index (χ0n) is 9.29. The number of ether oxygens (including phenoxy) is 1. The second-order valence-corrected chi connectivity index (χ2v) is 3.31. The van der Waals surface area contributed by atoms with E-state index in [2.05, 4.69) is 11.8 Å². The summed E-state index contributed by atoms with van der Waals surface area (Å²) in [6.45, 7) is 2.34. The normalized spacial score (nSPS) is 9.44. The van der Waals surface area contributed by atoms with Crippen molar-refractivity contribution in [3.05, 3.63) is 29.6 Å². The topological polar surface area (TPSA) is 29.5 Å². The molecule has 0 amide bonds. The number of aliphatic hydroxyl groups is 1. The average molecular weight is 222 g/mol. The second kappa shape index (κ2) is 6.86. The van der Waals surface area contributed by atoms with Crippen molar-refractivity contribution in [3.63, 3.8) is 0 Å². The van der Waals surface area contributed by atoms with Gasteiger partial charge >= 0.3 is 0 Å². The zero-order chi connectivity index (χ0) is 11.8. The molecule has 0 bridgehead atoms. The molecule has 0 aliphatic carbocycles. The number of halogens is 1. The quantitative estimate of drug-likeness (QED) is 0.626. The summed E-state index contributed by atoms with van der Waals surface area (Å²) < 4.78 is 18.6. The van der Waals surface area contributed by atoms with Crippen molar-refractivity contribution < 1.29 is 14.2 Å². The number of unbranched alkanes of at least 4 members (excludes halogenated alkanes) is 1. The number of rotatable bonds is 4. The molecule has 0 unspecified atom stereocenters. The van der Waals surface area contributed by atoms with Gasteiger partial charge in [0.25, 0.3) is 0 Å². The highest BCUT2D eigenvalue weighted by Crippen LogP contribution is 2.18. The molecule has 1 rings (SSSR count). The van der Waals surface area contributed by atoms with Gasteiger partial charge in [-0.2, -0.15) is 0 Å². The second-order valence-electron chi connectivity index (χ2n) is 3.31. The Morgan fingerprint density at radius 3 is 2.94 bits per heavy atom. The molecule has 16 heavy (non-hydrogen) atoms. The Morgan fingerprint density at radius 2 is 2.25 bits per heavy atom. The van der Waals surface area contributed by atoms with Crippen LogP contribution in [0.4, 0.5) is 4.39 Å². The molecule has 0 aliphatic rings. The van der Waals surface area contributed by atoms with Crippen LogP contribution < -0.4 is 4.74 Å². The van der Waals surface area contributed by atoms with Gasteiger partial charge in [-0.05, 0) is 24.6 Å². The highest BCUT2D eigenvalue weighted by Gasteiger charge is 2.03. The van der Waals surface area contributed by atoms with Crippen LogP contribution in [0, 0.1) is 17.7 Å². The first-order valence-corrected chi connectivity index (χ1v) is 5.30. The van der Waals surface area contributed by atoms with Gasteiger partial charge in [0.05, 0.1) is 6.61 Å². The Hall–Kier alpha value is -1.53. The standard InChI is InChI=1S/C13H15FO2/c1-2-3-9-16-13-10-11(5-4-8-15)6-7-12(13)14/h6-7,10,15H,2-3,8-9H2,1H3. The number of aliphatic hydroxyl groups excluding tert-OH is 1. The largest absolute Gasteiger partial charge is 0.490 e. The predicted octanol–water partition coefficient (Wildman–Crippen LogP) is 2.35. The van der Waals surface area contributed by atoms with E-state index in [4.69, 9.17) is 9.84 Å². The highest BCUT2D eigenvalue weighted by molar-refractivity contribution is 5.40. The minimum absolute atomic E-state index is 0.205. The maximum atomic E-state index is 13.3. The molecule has 0 radical (unpaired) electrons. The van der Waals surface area contributed by atoms with Gasteiger partial charge < -0.3 is 9.84 Å². The van der Waals surface area contributed by atoms with Crippen LogP contribution in [0.3, 0.4) is 0 Å². The first-order chi connectivity index (χ1) is 7.77. The number of hydrogen-bond donors (Lipinski definition) is 1. The Balaban J connectivity index is 2.74. The van der Waals surface area contributed by atoms with Crippen molar-refractivity contribution in [2.24, 2.45) is 0 Å². The third-order valence-corrected chi connectivity index (χ3v) is 2.00. The first-order valence-electron chi connectivity index (χ1n) is 5.30. The highest BCUT2D eigenvalue weighted by atomic mass is 19.1. The van der Waals surface area contributed by atoms with Crippen LogP contribution in [0.5, 0.6) is 5.75 Å². The van der Waals surface area contributed by atoms with Crippen LogP contribution in [0.2, 0.25) is 0 Å². The molecule has 0 fully saturated rings. The predicted molar refractivity (Wildman–Crippen MR) is 60.8 cm³/mol. The van der Waals surface area contributed by atoms with Gasteiger partial charge in [0.1, 0.15) is 6.61 Å². The minimum atomic E-state index is -0.384. The molecular weight excluding hydrogens is 207 g/mol. The molecule has 1 aromatic rings. The van der Waals surface area contributed by atoms with Gasteiger partial charge in [-0.1, -0.05) is 25.2 Å². The fourth-order valence-electron chi connectivity index (χ4n) is 1.16. The van der Waals surface area contributed by atoms with Crippen molar-refractivity contribution in [2.75, 3.05) is 13.2 Å². The molecule has 0 aliphatic heterocycles. The molecule has 0 spiro atoms. The SMILES string of the molecule is CCCCOc1cc(C#CCO)ccc1F. The van der Waals surface area contributed by atoms with Crippen molar-refractivity contribution >= 4 is 0 Å². The third kappa shape index (κ3) is 3.92. The van der Waals surface area contributed by atoms with Gasteiger partial charge in [0.2, 0.25) is 0 Å². The summed E-state index contributed by atoms with van der Waals surface area (Å²) in [5.74, 6) is 5.05. The molecule has 0 saturated heterocycles. The van der Waals surface area contributed by atoms with E-state index >= 15 is 0 Å². The lowest BCUT2D eigenvalue weighted by molar-refractivity contribution is 0.294. The van der Waals surface area contributed by atoms with Crippen LogP contribution in [0.1, 0.15) is 25.3 Å². The van der Waals surface area contributed by atoms with E-state index in [0.29, 0.717) is 12.2 Å². The van der Waals surface area contributed by atoms with Gasteiger partial charge in [-0.15, -0.1) is 0 Å². The van der Waals surface area contributed by atoms with Crippen molar-refractivity contribution in [3.8, 4) is 17.6 Å². The first kappa shape index (κ1) is 12.5. The lowest BCUT2D eigenvalue weighted by Gasteiger charge is -2.06. The fourth-order valence-corrected chi connectivity index (χ4v) is 1.16. The lowest BCUT2D eigenvalue weighted by atomic mass is 10.2. The van der Waals surface area contributed by atoms with E-state index < -0.39 is 0 Å². The Morgan fingerprint density at radius 1 is 1.44 bits per heavy atom. The Kier molecular flexibility index (Phi) is 5.38. The summed E-state index contributed by atoms with van der Waals surface area (Å²) >= 11 is 0. The van der Waals surface area contributed by atoms with Crippen molar-refractivity contribution in [1.82, 2.24) is 0 Å². The van der Waals surface area contributed by atoms with E-state index in [1.165, 1.54) is 6.07 Å². The molecule has 2 nitrogen and oxygen atoms in total. The average Bonchev–Trinajstić information content (AvgIpc) is 2.30. The number of hydrogen-bond acceptors (Lipinski definition) is 2. The maximum absolute atomic E-state index is 13.3. The van der Waals surface area contributed by atoms with Crippen molar-refractivity contribution in [2.45, 2.75) is 19.8 Å². The van der Waals surface area contributed by atoms with Gasteiger partial charge in [-0.3, -0.25) is 0 Å². The van der Waals surface area contributed by atoms with Crippen LogP contribution >= 0.6 is 0 Å². The molecule has 0 aromatic heterocycles. The maximum Gasteiger partial charge on any atom is 0.165 e. The van der Waals surface area contributed by atoms with Crippen LogP contribution in [-0.2, 0) is 0 Å². The molecule has 3 heteroatoms. The molecule has 0 atom stereocenters. The van der Waals surface area contributed by atoms with E-state index in [-0.39, 0.29) is 18.2 Å². The molecule has 0 heterocycles. The van der Waals surface area contributed by atoms with E-state index in [9.17, 15) is 4.39 Å². The van der Waals surface area contributed by atoms with E-state index in [1.54, 1.807) is 12.1 Å². The molecule has 1 N–H and O–H groups in total. The smallest absolute Gasteiger partial charge is 0.165 e. The summed E-state index contributed by atoms with van der Waals surface area (Å²) in [6, 6.07) is 4.43. The molecule has 86 valence electrons. The van der Waals surface area contributed by atoms with Crippen LogP contribution in [0.25, 0.3) is 0 Å². The van der Waals surface area contributed by atoms with Gasteiger partial charge in [0, 0.05) is 5.56 Å². The molecule has 1 aromatic carbocycles. The zero-order valence-corrected chi connectivity index (χ0v) is 9.29. The van der Waals surface area contributed by atoms with Crippen LogP contribution in [-0.4, -0.2) is 18.3 Å². The summed E-state index contributed by atoms with van der Waals surface area (Å²) in [5.41, 5.74) is 0.641. The summed E-state index contributed by atoms with van der Waals surface area (Å²) in [4.78, 5) is 0. The molecule has 0 saturated carbocycles. The van der Waals surface area contributed by atoms with Gasteiger partial charge in [0.15, 0.2) is 11.6 Å². The van der Waals surface area contributed by atoms with E-state index in [1.807, 2.05) is 6.92 Å².